The maximum absolute atomic E-state index is 12.3. The Bertz CT molecular complexity index is 784. The Kier molecular flexibility index (Phi) is 5.17. The summed E-state index contributed by atoms with van der Waals surface area (Å²) in [6.45, 7) is 2.29. The Morgan fingerprint density at radius 1 is 1.29 bits per heavy atom. The number of pyridine rings is 1. The Labute approximate surface area is 144 Å². The van der Waals surface area contributed by atoms with E-state index >= 15 is 0 Å². The van der Waals surface area contributed by atoms with Crippen LogP contribution >= 0.6 is 11.6 Å². The number of nitrogens with one attached hydrogen (secondary N) is 1. The Morgan fingerprint density at radius 2 is 2.08 bits per heavy atom. The molecule has 2 heterocycles. The van der Waals surface area contributed by atoms with Crippen LogP contribution in [0.5, 0.6) is 5.75 Å². The molecule has 7 heteroatoms. The van der Waals surface area contributed by atoms with Gasteiger partial charge in [-0.15, -0.1) is 0 Å². The van der Waals surface area contributed by atoms with Crippen LogP contribution in [-0.2, 0) is 11.3 Å². The molecule has 1 aliphatic heterocycles. The lowest BCUT2D eigenvalue weighted by molar-refractivity contribution is 0.0299. The van der Waals surface area contributed by atoms with E-state index in [2.05, 4.69) is 4.98 Å². The standard InChI is InChI=1S/C17H17ClN2O4/c18-13-3-1-2-12(8-13)11-24-16-10-19-14(9-15(16)21)17(22)20-4-6-23-7-5-20/h1-3,8-10H,4-7,11H2,(H,19,21). The van der Waals surface area contributed by atoms with Gasteiger partial charge in [0.05, 0.1) is 13.2 Å². The number of morpholine rings is 1. The Hall–Kier alpha value is -2.31. The van der Waals surface area contributed by atoms with E-state index in [1.54, 1.807) is 17.0 Å². The van der Waals surface area contributed by atoms with Crippen molar-refractivity contribution in [2.45, 2.75) is 6.61 Å². The van der Waals surface area contributed by atoms with Gasteiger partial charge in [-0.3, -0.25) is 9.59 Å². The molecule has 0 unspecified atom stereocenters. The zero-order valence-electron chi connectivity index (χ0n) is 13.0. The summed E-state index contributed by atoms with van der Waals surface area (Å²) < 4.78 is 10.7. The molecule has 1 aromatic heterocycles. The van der Waals surface area contributed by atoms with Crippen molar-refractivity contribution < 1.29 is 14.3 Å². The van der Waals surface area contributed by atoms with Gasteiger partial charge in [0.15, 0.2) is 5.75 Å². The van der Waals surface area contributed by atoms with Crippen LogP contribution in [0.4, 0.5) is 0 Å². The van der Waals surface area contributed by atoms with E-state index in [1.807, 2.05) is 12.1 Å². The minimum atomic E-state index is -0.340. The van der Waals surface area contributed by atoms with E-state index in [1.165, 1.54) is 12.3 Å². The van der Waals surface area contributed by atoms with Crippen molar-refractivity contribution in [3.63, 3.8) is 0 Å². The van der Waals surface area contributed by atoms with Crippen molar-refractivity contribution in [2.24, 2.45) is 0 Å². The third kappa shape index (κ3) is 3.96. The highest BCUT2D eigenvalue weighted by Gasteiger charge is 2.19. The highest BCUT2D eigenvalue weighted by molar-refractivity contribution is 6.30. The van der Waals surface area contributed by atoms with Gasteiger partial charge in [0.25, 0.3) is 5.91 Å². The molecule has 0 aliphatic carbocycles. The number of benzene rings is 1. The summed E-state index contributed by atoms with van der Waals surface area (Å²) in [6.07, 6.45) is 1.42. The second kappa shape index (κ2) is 7.51. The first-order valence-corrected chi connectivity index (χ1v) is 7.98. The lowest BCUT2D eigenvalue weighted by atomic mass is 10.2. The summed E-state index contributed by atoms with van der Waals surface area (Å²) in [5, 5.41) is 0.608. The molecule has 0 bridgehead atoms. The fourth-order valence-corrected chi connectivity index (χ4v) is 2.63. The highest BCUT2D eigenvalue weighted by atomic mass is 35.5. The lowest BCUT2D eigenvalue weighted by Crippen LogP contribution is -2.41. The van der Waals surface area contributed by atoms with Crippen molar-refractivity contribution in [3.8, 4) is 5.75 Å². The van der Waals surface area contributed by atoms with Gasteiger partial charge in [0.2, 0.25) is 5.43 Å². The van der Waals surface area contributed by atoms with Crippen molar-refractivity contribution in [3.05, 3.63) is 63.0 Å². The fraction of sp³-hybridized carbons (Fsp3) is 0.294. The molecule has 1 fully saturated rings. The number of hydrogen-bond donors (Lipinski definition) is 1. The first-order chi connectivity index (χ1) is 11.6. The minimum Gasteiger partial charge on any atom is -0.483 e. The lowest BCUT2D eigenvalue weighted by Gasteiger charge is -2.26. The molecule has 1 aromatic carbocycles. The molecule has 6 nitrogen and oxygen atoms in total. The maximum Gasteiger partial charge on any atom is 0.270 e. The molecule has 3 rings (SSSR count). The second-order valence-electron chi connectivity index (χ2n) is 5.40. The van der Waals surface area contributed by atoms with Gasteiger partial charge < -0.3 is 19.4 Å². The molecule has 1 aliphatic rings. The van der Waals surface area contributed by atoms with Gasteiger partial charge in [-0.25, -0.2) is 0 Å². The van der Waals surface area contributed by atoms with Gasteiger partial charge in [0.1, 0.15) is 12.3 Å². The highest BCUT2D eigenvalue weighted by Crippen LogP contribution is 2.13. The van der Waals surface area contributed by atoms with Crippen LogP contribution in [0.1, 0.15) is 16.1 Å². The predicted molar refractivity (Wildman–Crippen MR) is 89.6 cm³/mol. The number of H-pyrrole nitrogens is 1. The van der Waals surface area contributed by atoms with Gasteiger partial charge in [-0.1, -0.05) is 23.7 Å². The summed E-state index contributed by atoms with van der Waals surface area (Å²) in [5.74, 6) is -0.0507. The van der Waals surface area contributed by atoms with Crippen molar-refractivity contribution in [1.29, 1.82) is 0 Å². The molecule has 1 amide bonds. The molecule has 0 radical (unpaired) electrons. The smallest absolute Gasteiger partial charge is 0.270 e. The Morgan fingerprint density at radius 3 is 2.79 bits per heavy atom. The van der Waals surface area contributed by atoms with E-state index < -0.39 is 0 Å². The summed E-state index contributed by atoms with van der Waals surface area (Å²) in [4.78, 5) is 29.0. The normalized spacial score (nSPS) is 14.5. The molecular weight excluding hydrogens is 332 g/mol. The number of aromatic nitrogens is 1. The van der Waals surface area contributed by atoms with E-state index in [0.717, 1.165) is 5.56 Å². The molecule has 1 N–H and O–H groups in total. The van der Waals surface area contributed by atoms with E-state index in [9.17, 15) is 9.59 Å². The number of hydrogen-bond acceptors (Lipinski definition) is 4. The summed E-state index contributed by atoms with van der Waals surface area (Å²) in [6, 6.07) is 8.48. The fourth-order valence-electron chi connectivity index (χ4n) is 2.42. The molecule has 2 aromatic rings. The number of amides is 1. The zero-order chi connectivity index (χ0) is 16.9. The first kappa shape index (κ1) is 16.5. The van der Waals surface area contributed by atoms with Gasteiger partial charge in [0, 0.05) is 30.4 Å². The number of carbonyl (C=O) groups excluding carboxylic acids is 1. The molecule has 126 valence electrons. The van der Waals surface area contributed by atoms with Crippen molar-refractivity contribution in [1.82, 2.24) is 9.88 Å². The van der Waals surface area contributed by atoms with Crippen molar-refractivity contribution in [2.75, 3.05) is 26.3 Å². The van der Waals surface area contributed by atoms with Gasteiger partial charge in [-0.2, -0.15) is 0 Å². The predicted octanol–water partition coefficient (Wildman–Crippen LogP) is 2.08. The third-order valence-corrected chi connectivity index (χ3v) is 3.92. The largest absolute Gasteiger partial charge is 0.483 e. The van der Waals surface area contributed by atoms with E-state index in [4.69, 9.17) is 21.1 Å². The van der Waals surface area contributed by atoms with E-state index in [-0.39, 0.29) is 29.4 Å². The number of nitrogens with zero attached hydrogens (tertiary/aromatic N) is 1. The number of aromatic amines is 1. The quantitative estimate of drug-likeness (QED) is 0.918. The average molecular weight is 349 g/mol. The second-order valence-corrected chi connectivity index (χ2v) is 5.83. The van der Waals surface area contributed by atoms with Crippen LogP contribution in [0.15, 0.2) is 41.3 Å². The number of rotatable bonds is 4. The maximum atomic E-state index is 12.3. The zero-order valence-corrected chi connectivity index (χ0v) is 13.7. The van der Waals surface area contributed by atoms with Crippen molar-refractivity contribution >= 4 is 17.5 Å². The minimum absolute atomic E-state index is 0.161. The summed E-state index contributed by atoms with van der Waals surface area (Å²) >= 11 is 5.91. The van der Waals surface area contributed by atoms with Gasteiger partial charge >= 0.3 is 0 Å². The van der Waals surface area contributed by atoms with Crippen LogP contribution < -0.4 is 10.2 Å². The van der Waals surface area contributed by atoms with Crippen LogP contribution in [-0.4, -0.2) is 42.1 Å². The van der Waals surface area contributed by atoms with Crippen LogP contribution in [0.25, 0.3) is 0 Å². The number of carbonyl (C=O) groups is 1. The number of ether oxygens (including phenoxy) is 2. The van der Waals surface area contributed by atoms with Crippen LogP contribution in [0.2, 0.25) is 5.02 Å². The van der Waals surface area contributed by atoms with E-state index in [0.29, 0.717) is 31.3 Å². The van der Waals surface area contributed by atoms with Crippen LogP contribution in [0, 0.1) is 0 Å². The SMILES string of the molecule is O=C(c1cc(=O)c(OCc2cccc(Cl)c2)c[nH]1)N1CCOCC1. The van der Waals surface area contributed by atoms with Crippen LogP contribution in [0.3, 0.4) is 0 Å². The Balaban J connectivity index is 1.68. The van der Waals surface area contributed by atoms with Gasteiger partial charge in [-0.05, 0) is 17.7 Å². The third-order valence-electron chi connectivity index (χ3n) is 3.69. The monoisotopic (exact) mass is 348 g/mol. The molecule has 24 heavy (non-hydrogen) atoms. The molecular formula is C17H17ClN2O4. The molecule has 0 saturated carbocycles. The molecule has 0 atom stereocenters. The first-order valence-electron chi connectivity index (χ1n) is 7.60. The summed E-state index contributed by atoms with van der Waals surface area (Å²) in [5.41, 5.74) is 0.764. The molecule has 0 spiro atoms. The number of halogens is 1. The topological polar surface area (TPSA) is 71.6 Å². The molecule has 1 saturated heterocycles. The average Bonchev–Trinajstić information content (AvgIpc) is 2.61. The summed E-state index contributed by atoms with van der Waals surface area (Å²) in [7, 11) is 0.